The van der Waals surface area contributed by atoms with E-state index in [4.69, 9.17) is 5.11 Å². The van der Waals surface area contributed by atoms with Crippen molar-refractivity contribution in [3.63, 3.8) is 0 Å². The molecule has 0 spiro atoms. The van der Waals surface area contributed by atoms with Crippen LogP contribution in [0.2, 0.25) is 7.96 Å². The number of hydrogen-bond donors (Lipinski definition) is 1. The van der Waals surface area contributed by atoms with Crippen LogP contribution in [0.3, 0.4) is 0 Å². The van der Waals surface area contributed by atoms with Crippen molar-refractivity contribution in [2.24, 2.45) is 0 Å². The van der Waals surface area contributed by atoms with Crippen LogP contribution in [0, 0.1) is 0 Å². The van der Waals surface area contributed by atoms with Crippen molar-refractivity contribution in [1.82, 2.24) is 0 Å². The van der Waals surface area contributed by atoms with Crippen molar-refractivity contribution in [3.8, 4) is 0 Å². The van der Waals surface area contributed by atoms with E-state index in [2.05, 4.69) is 13.8 Å². The minimum atomic E-state index is -0.125. The number of allylic oxidation sites excluding steroid dienone is 2. The zero-order valence-corrected chi connectivity index (χ0v) is 12.9. The third kappa shape index (κ3) is 22.5. The summed E-state index contributed by atoms with van der Waals surface area (Å²) in [6, 6.07) is 0. The Labute approximate surface area is 87.3 Å². The standard InChI is InChI=1S/C5H8O2.2C2H5.Tl/c1-4(6)3-5(2)7;2*1-2;/h3,6H,1-2H3;2*1H2,2H3;/b4-3-;;;. The average Bonchev–Trinajstić information content (AvgIpc) is 1.87. The molecular weight excluding hydrogens is 344 g/mol. The molecule has 0 bridgehead atoms. The van der Waals surface area contributed by atoms with Crippen LogP contribution in [0.5, 0.6) is 0 Å². The van der Waals surface area contributed by atoms with E-state index in [0.29, 0.717) is 0 Å². The van der Waals surface area contributed by atoms with Gasteiger partial charge in [0, 0.05) is 6.08 Å². The Morgan fingerprint density at radius 1 is 1.33 bits per heavy atom. The van der Waals surface area contributed by atoms with Gasteiger partial charge in [0.05, 0.1) is 5.76 Å². The Balaban J connectivity index is 0. The van der Waals surface area contributed by atoms with Gasteiger partial charge >= 0.3 is 46.0 Å². The number of aliphatic hydroxyl groups is 1. The molecule has 0 saturated heterocycles. The van der Waals surface area contributed by atoms with Crippen molar-refractivity contribution in [1.29, 1.82) is 0 Å². The van der Waals surface area contributed by atoms with Crippen LogP contribution in [0.1, 0.15) is 27.7 Å². The van der Waals surface area contributed by atoms with E-state index < -0.39 is 0 Å². The molecule has 0 amide bonds. The van der Waals surface area contributed by atoms with Crippen LogP contribution in [0.25, 0.3) is 0 Å². The number of rotatable bonds is 3. The molecule has 0 atom stereocenters. The first kappa shape index (κ1) is 14.6. The second kappa shape index (κ2) is 11.1. The van der Waals surface area contributed by atoms with E-state index >= 15 is 0 Å². The molecule has 0 aromatic carbocycles. The van der Waals surface area contributed by atoms with Gasteiger partial charge in [0.15, 0.2) is 5.78 Å². The van der Waals surface area contributed by atoms with Gasteiger partial charge in [-0.3, -0.25) is 4.79 Å². The SMILES string of the molecule is CC(=O)/C=C(/C)O.C[CH2][Tl][CH2]C. The predicted molar refractivity (Wildman–Crippen MR) is 53.8 cm³/mol. The maximum absolute atomic E-state index is 10.0. The molecule has 69 valence electrons. The van der Waals surface area contributed by atoms with Crippen molar-refractivity contribution in [3.05, 3.63) is 11.8 Å². The normalized spacial score (nSPS) is 9.50. The Hall–Kier alpha value is 0.132. The molecule has 0 aliphatic rings. The van der Waals surface area contributed by atoms with Gasteiger partial charge in [0.2, 0.25) is 0 Å². The van der Waals surface area contributed by atoms with Gasteiger partial charge < -0.3 is 5.11 Å². The zero-order valence-electron chi connectivity index (χ0n) is 8.42. The summed E-state index contributed by atoms with van der Waals surface area (Å²) in [5.41, 5.74) is 0. The number of ketones is 1. The molecular formula is C9H18O2Tl. The van der Waals surface area contributed by atoms with Crippen LogP contribution < -0.4 is 0 Å². The molecule has 12 heavy (non-hydrogen) atoms. The van der Waals surface area contributed by atoms with Gasteiger partial charge in [-0.05, 0) is 13.8 Å². The van der Waals surface area contributed by atoms with E-state index in [9.17, 15) is 4.79 Å². The monoisotopic (exact) mass is 363 g/mol. The third-order valence-electron chi connectivity index (χ3n) is 0.990. The molecule has 0 aromatic heterocycles. The molecule has 0 aliphatic heterocycles. The van der Waals surface area contributed by atoms with Crippen LogP contribution in [-0.2, 0) is 4.79 Å². The maximum atomic E-state index is 10.0. The fourth-order valence-corrected chi connectivity index (χ4v) is 2.83. The average molecular weight is 363 g/mol. The van der Waals surface area contributed by atoms with Gasteiger partial charge in [0.25, 0.3) is 0 Å². The number of carbonyl (C=O) groups is 1. The summed E-state index contributed by atoms with van der Waals surface area (Å²) >= 11 is -0.0463. The first-order chi connectivity index (χ1) is 5.54. The Morgan fingerprint density at radius 2 is 1.75 bits per heavy atom. The summed E-state index contributed by atoms with van der Waals surface area (Å²) in [7, 11) is 0. The number of aliphatic hydroxyl groups excluding tert-OH is 1. The van der Waals surface area contributed by atoms with Crippen molar-refractivity contribution in [2.75, 3.05) is 0 Å². The fraction of sp³-hybridized carbons (Fsp3) is 0.667. The minimum absolute atomic E-state index is 0.0463. The first-order valence-electron chi connectivity index (χ1n) is 4.24. The van der Waals surface area contributed by atoms with Gasteiger partial charge in [-0.2, -0.15) is 0 Å². The molecule has 0 aliphatic carbocycles. The Bertz CT molecular complexity index is 135. The van der Waals surface area contributed by atoms with E-state index in [1.54, 1.807) is 7.96 Å². The number of hydrogen-bond acceptors (Lipinski definition) is 2. The molecule has 3 heteroatoms. The van der Waals surface area contributed by atoms with Crippen LogP contribution in [0.15, 0.2) is 11.8 Å². The Morgan fingerprint density at radius 3 is 1.75 bits per heavy atom. The van der Waals surface area contributed by atoms with E-state index in [1.807, 2.05) is 0 Å². The topological polar surface area (TPSA) is 37.3 Å². The summed E-state index contributed by atoms with van der Waals surface area (Å²) in [5.74, 6) is -0.0625. The number of carbonyl (C=O) groups excluding carboxylic acids is 1. The zero-order chi connectivity index (χ0) is 9.98. The van der Waals surface area contributed by atoms with Gasteiger partial charge in [-0.25, -0.2) is 0 Å². The summed E-state index contributed by atoms with van der Waals surface area (Å²) in [6.45, 7) is 7.46. The molecule has 1 N–H and O–H groups in total. The van der Waals surface area contributed by atoms with Crippen LogP contribution >= 0.6 is 0 Å². The fourth-order valence-electron chi connectivity index (χ4n) is 0.583. The van der Waals surface area contributed by atoms with E-state index in [-0.39, 0.29) is 35.8 Å². The van der Waals surface area contributed by atoms with Crippen LogP contribution in [0.4, 0.5) is 0 Å². The van der Waals surface area contributed by atoms with Gasteiger partial charge in [0.1, 0.15) is 0 Å². The summed E-state index contributed by atoms with van der Waals surface area (Å²) in [6.07, 6.45) is 1.17. The van der Waals surface area contributed by atoms with E-state index in [0.717, 1.165) is 0 Å². The predicted octanol–water partition coefficient (Wildman–Crippen LogP) is 2.60. The van der Waals surface area contributed by atoms with Crippen molar-refractivity contribution in [2.45, 2.75) is 35.7 Å². The van der Waals surface area contributed by atoms with Gasteiger partial charge in [-0.1, -0.05) is 0 Å². The molecule has 0 heterocycles. The molecule has 0 saturated carbocycles. The summed E-state index contributed by atoms with van der Waals surface area (Å²) in [4.78, 5) is 10.0. The summed E-state index contributed by atoms with van der Waals surface area (Å²) in [5, 5.41) is 8.36. The molecule has 0 aromatic rings. The molecule has 0 rings (SSSR count). The molecule has 0 fully saturated rings. The third-order valence-corrected chi connectivity index (χ3v) is 5.48. The van der Waals surface area contributed by atoms with Crippen molar-refractivity contribution >= 4 is 30.0 Å². The summed E-state index contributed by atoms with van der Waals surface area (Å²) < 4.78 is 3.10. The molecule has 2 nitrogen and oxygen atoms in total. The van der Waals surface area contributed by atoms with Gasteiger partial charge in [-0.15, -0.1) is 0 Å². The molecule has 0 unspecified atom stereocenters. The van der Waals surface area contributed by atoms with E-state index in [1.165, 1.54) is 19.9 Å². The second-order valence-electron chi connectivity index (χ2n) is 2.50. The van der Waals surface area contributed by atoms with Crippen LogP contribution in [-0.4, -0.2) is 35.1 Å². The second-order valence-corrected chi connectivity index (χ2v) is 11.1. The van der Waals surface area contributed by atoms with Crippen molar-refractivity contribution < 1.29 is 9.90 Å². The molecule has 0 radical (unpaired) electrons. The quantitative estimate of drug-likeness (QED) is 0.476. The first-order valence-corrected chi connectivity index (χ1v) is 10.6. The Kier molecular flexibility index (Phi) is 13.6.